The van der Waals surface area contributed by atoms with Crippen molar-refractivity contribution in [1.82, 2.24) is 4.90 Å². The lowest BCUT2D eigenvalue weighted by molar-refractivity contribution is -0.387. The Hall–Kier alpha value is -2.94. The van der Waals surface area contributed by atoms with Crippen LogP contribution in [0, 0.1) is 17.0 Å². The highest BCUT2D eigenvalue weighted by Crippen LogP contribution is 2.35. The number of sulfone groups is 1. The summed E-state index contributed by atoms with van der Waals surface area (Å²) in [6, 6.07) is 11.6. The lowest BCUT2D eigenvalue weighted by Crippen LogP contribution is -2.49. The number of nitrogens with zero attached hydrogens (tertiary/aromatic N) is 3. The first-order valence-corrected chi connectivity index (χ1v) is 10.7. The van der Waals surface area contributed by atoms with Gasteiger partial charge in [0.25, 0.3) is 5.91 Å². The Morgan fingerprint density at radius 3 is 2.18 bits per heavy atom. The van der Waals surface area contributed by atoms with Crippen LogP contribution in [0.4, 0.5) is 11.4 Å². The zero-order chi connectivity index (χ0) is 20.5. The van der Waals surface area contributed by atoms with E-state index in [0.717, 1.165) is 11.8 Å². The minimum Gasteiger partial charge on any atom is -0.362 e. The topological polar surface area (TPSA) is 101 Å². The molecule has 0 aliphatic carbocycles. The molecular formula is C19H21N3O5S. The molecule has 1 aliphatic heterocycles. The van der Waals surface area contributed by atoms with Crippen LogP contribution in [0.5, 0.6) is 0 Å². The number of benzene rings is 2. The summed E-state index contributed by atoms with van der Waals surface area (Å²) in [5, 5.41) is 11.6. The molecule has 0 radical (unpaired) electrons. The van der Waals surface area contributed by atoms with Crippen molar-refractivity contribution in [1.29, 1.82) is 0 Å². The van der Waals surface area contributed by atoms with Gasteiger partial charge in [0, 0.05) is 38.0 Å². The highest BCUT2D eigenvalue weighted by molar-refractivity contribution is 7.90. The normalized spacial score (nSPS) is 14.8. The molecule has 0 saturated carbocycles. The van der Waals surface area contributed by atoms with Gasteiger partial charge in [-0.15, -0.1) is 0 Å². The van der Waals surface area contributed by atoms with E-state index in [4.69, 9.17) is 0 Å². The van der Waals surface area contributed by atoms with Crippen molar-refractivity contribution in [3.63, 3.8) is 0 Å². The molecule has 1 amide bonds. The van der Waals surface area contributed by atoms with Crippen molar-refractivity contribution in [2.24, 2.45) is 0 Å². The van der Waals surface area contributed by atoms with Gasteiger partial charge in [0.05, 0.1) is 4.92 Å². The van der Waals surface area contributed by atoms with Gasteiger partial charge in [-0.1, -0.05) is 23.8 Å². The number of piperazine rings is 1. The minimum atomic E-state index is -3.74. The van der Waals surface area contributed by atoms with Gasteiger partial charge in [-0.25, -0.2) is 8.42 Å². The number of amides is 1. The molecule has 9 heteroatoms. The Balaban J connectivity index is 1.81. The zero-order valence-corrected chi connectivity index (χ0v) is 16.5. The van der Waals surface area contributed by atoms with Crippen LogP contribution in [0.3, 0.4) is 0 Å². The number of para-hydroxylation sites is 1. The summed E-state index contributed by atoms with van der Waals surface area (Å²) < 4.78 is 23.9. The van der Waals surface area contributed by atoms with E-state index in [9.17, 15) is 23.3 Å². The fourth-order valence-electron chi connectivity index (χ4n) is 3.28. The molecule has 0 unspecified atom stereocenters. The van der Waals surface area contributed by atoms with Crippen LogP contribution >= 0.6 is 0 Å². The summed E-state index contributed by atoms with van der Waals surface area (Å²) in [4.78, 5) is 26.7. The van der Waals surface area contributed by atoms with Gasteiger partial charge < -0.3 is 9.80 Å². The third-order valence-corrected chi connectivity index (χ3v) is 5.89. The van der Waals surface area contributed by atoms with Gasteiger partial charge in [-0.05, 0) is 31.2 Å². The lowest BCUT2D eigenvalue weighted by atomic mass is 10.1. The van der Waals surface area contributed by atoms with Crippen LogP contribution in [-0.2, 0) is 9.84 Å². The van der Waals surface area contributed by atoms with Crippen molar-refractivity contribution in [3.05, 3.63) is 63.7 Å². The predicted octanol–water partition coefficient (Wildman–Crippen LogP) is 2.27. The molecule has 148 valence electrons. The summed E-state index contributed by atoms with van der Waals surface area (Å²) in [6.45, 7) is 3.50. The first-order valence-electron chi connectivity index (χ1n) is 8.77. The van der Waals surface area contributed by atoms with E-state index in [2.05, 4.69) is 0 Å². The molecule has 1 fully saturated rings. The van der Waals surface area contributed by atoms with Gasteiger partial charge in [0.2, 0.25) is 0 Å². The maximum atomic E-state index is 12.6. The number of rotatable bonds is 4. The number of hydrogen-bond acceptors (Lipinski definition) is 6. The second-order valence-electron chi connectivity index (χ2n) is 6.80. The third kappa shape index (κ3) is 3.99. The first-order chi connectivity index (χ1) is 13.2. The van der Waals surface area contributed by atoms with Crippen molar-refractivity contribution in [2.75, 3.05) is 37.3 Å². The monoisotopic (exact) mass is 403 g/mol. The average Bonchev–Trinajstić information content (AvgIpc) is 2.67. The standard InChI is InChI=1S/C19H21N3O5S/c1-14-6-8-15(9-7-14)19(23)21-12-10-20(11-13-21)16-4-3-5-17(28(2,26)27)18(16)22(24)25/h3-9H,10-13H2,1-2H3. The molecule has 0 atom stereocenters. The van der Waals surface area contributed by atoms with E-state index >= 15 is 0 Å². The van der Waals surface area contributed by atoms with Gasteiger partial charge in [0.1, 0.15) is 10.6 Å². The fourth-order valence-corrected chi connectivity index (χ4v) is 4.13. The van der Waals surface area contributed by atoms with E-state index in [-0.39, 0.29) is 16.5 Å². The Morgan fingerprint density at radius 1 is 1.04 bits per heavy atom. The number of hydrogen-bond donors (Lipinski definition) is 0. The van der Waals surface area contributed by atoms with E-state index in [0.29, 0.717) is 31.7 Å². The Morgan fingerprint density at radius 2 is 1.64 bits per heavy atom. The van der Waals surface area contributed by atoms with Crippen LogP contribution in [0.1, 0.15) is 15.9 Å². The molecule has 3 rings (SSSR count). The van der Waals surface area contributed by atoms with Crippen LogP contribution in [0.15, 0.2) is 47.4 Å². The Bertz CT molecular complexity index is 1010. The van der Waals surface area contributed by atoms with E-state index < -0.39 is 20.4 Å². The maximum absolute atomic E-state index is 12.6. The molecule has 28 heavy (non-hydrogen) atoms. The number of carbonyl (C=O) groups is 1. The van der Waals surface area contributed by atoms with Crippen molar-refractivity contribution in [3.8, 4) is 0 Å². The second-order valence-corrected chi connectivity index (χ2v) is 8.78. The largest absolute Gasteiger partial charge is 0.362 e. The third-order valence-electron chi connectivity index (χ3n) is 4.77. The van der Waals surface area contributed by atoms with Gasteiger partial charge in [-0.3, -0.25) is 14.9 Å². The molecule has 2 aromatic carbocycles. The van der Waals surface area contributed by atoms with Crippen molar-refractivity contribution >= 4 is 27.1 Å². The quantitative estimate of drug-likeness (QED) is 0.573. The van der Waals surface area contributed by atoms with Crippen LogP contribution in [-0.4, -0.2) is 56.6 Å². The number of anilines is 1. The molecule has 0 N–H and O–H groups in total. The molecule has 0 aromatic heterocycles. The smallest absolute Gasteiger partial charge is 0.311 e. The number of carbonyl (C=O) groups excluding carboxylic acids is 1. The predicted molar refractivity (Wildman–Crippen MR) is 106 cm³/mol. The summed E-state index contributed by atoms with van der Waals surface area (Å²) in [5.74, 6) is -0.0842. The second kappa shape index (κ2) is 7.59. The Labute approximate surface area is 163 Å². The Kier molecular flexibility index (Phi) is 5.37. The molecule has 1 saturated heterocycles. The van der Waals surface area contributed by atoms with E-state index in [1.54, 1.807) is 28.0 Å². The lowest BCUT2D eigenvalue weighted by Gasteiger charge is -2.36. The van der Waals surface area contributed by atoms with Crippen LogP contribution in [0.2, 0.25) is 0 Å². The molecule has 0 bridgehead atoms. The molecular weight excluding hydrogens is 382 g/mol. The summed E-state index contributed by atoms with van der Waals surface area (Å²) in [6.07, 6.45) is 0.956. The number of nitro groups is 1. The van der Waals surface area contributed by atoms with Crippen LogP contribution in [0.25, 0.3) is 0 Å². The fraction of sp³-hybridized carbons (Fsp3) is 0.316. The average molecular weight is 403 g/mol. The molecule has 8 nitrogen and oxygen atoms in total. The van der Waals surface area contributed by atoms with Gasteiger partial charge in [-0.2, -0.15) is 0 Å². The van der Waals surface area contributed by atoms with Gasteiger partial charge in [0.15, 0.2) is 9.84 Å². The summed E-state index contributed by atoms with van der Waals surface area (Å²) in [5.41, 5.74) is 1.52. The highest BCUT2D eigenvalue weighted by atomic mass is 32.2. The van der Waals surface area contributed by atoms with Crippen molar-refractivity contribution < 1.29 is 18.1 Å². The highest BCUT2D eigenvalue weighted by Gasteiger charge is 2.31. The minimum absolute atomic E-state index is 0.0842. The SMILES string of the molecule is Cc1ccc(C(=O)N2CCN(c3cccc(S(C)(=O)=O)c3[N+](=O)[O-])CC2)cc1. The van der Waals surface area contributed by atoms with E-state index in [1.165, 1.54) is 12.1 Å². The maximum Gasteiger partial charge on any atom is 0.311 e. The van der Waals surface area contributed by atoms with E-state index in [1.807, 2.05) is 19.1 Å². The van der Waals surface area contributed by atoms with Crippen LogP contribution < -0.4 is 4.90 Å². The number of aryl methyl sites for hydroxylation is 1. The zero-order valence-electron chi connectivity index (χ0n) is 15.7. The number of nitro benzene ring substituents is 1. The molecule has 1 aliphatic rings. The molecule has 2 aromatic rings. The molecule has 1 heterocycles. The first kappa shape index (κ1) is 19.8. The summed E-state index contributed by atoms with van der Waals surface area (Å²) >= 11 is 0. The van der Waals surface area contributed by atoms with Crippen molar-refractivity contribution in [2.45, 2.75) is 11.8 Å². The van der Waals surface area contributed by atoms with Gasteiger partial charge >= 0.3 is 5.69 Å². The molecule has 0 spiro atoms. The summed E-state index contributed by atoms with van der Waals surface area (Å²) in [7, 11) is -3.74.